The Balaban J connectivity index is 2.65. The molecule has 0 aliphatic rings. The van der Waals surface area contributed by atoms with Gasteiger partial charge in [0.2, 0.25) is 6.08 Å². The minimum absolute atomic E-state index is 0.519. The number of hydrogen-bond acceptors (Lipinski definition) is 3. The SMILES string of the molecule is N#Cc1ccc(N=C=O)c(-c2ccccc2)c1. The summed E-state index contributed by atoms with van der Waals surface area (Å²) < 4.78 is 0. The first-order chi connectivity index (χ1) is 8.35. The molecule has 0 aromatic heterocycles. The van der Waals surface area contributed by atoms with Crippen molar-refractivity contribution in [1.29, 1.82) is 5.26 Å². The Kier molecular flexibility index (Phi) is 3.11. The molecule has 3 heteroatoms. The van der Waals surface area contributed by atoms with Crippen LogP contribution in [0.4, 0.5) is 5.69 Å². The Morgan fingerprint density at radius 2 is 1.82 bits per heavy atom. The van der Waals surface area contributed by atoms with Crippen molar-refractivity contribution >= 4 is 11.8 Å². The summed E-state index contributed by atoms with van der Waals surface area (Å²) in [6, 6.07) is 16.5. The summed E-state index contributed by atoms with van der Waals surface area (Å²) >= 11 is 0. The summed E-state index contributed by atoms with van der Waals surface area (Å²) in [4.78, 5) is 14.0. The van der Waals surface area contributed by atoms with Crippen LogP contribution in [-0.4, -0.2) is 6.08 Å². The molecule has 17 heavy (non-hydrogen) atoms. The van der Waals surface area contributed by atoms with E-state index in [0.29, 0.717) is 11.3 Å². The summed E-state index contributed by atoms with van der Waals surface area (Å²) in [7, 11) is 0. The average Bonchev–Trinajstić information content (AvgIpc) is 2.40. The fraction of sp³-hybridized carbons (Fsp3) is 0. The molecule has 0 saturated heterocycles. The number of aliphatic imine (C=N–C) groups is 1. The minimum Gasteiger partial charge on any atom is -0.211 e. The molecule has 0 N–H and O–H groups in total. The lowest BCUT2D eigenvalue weighted by Gasteiger charge is -2.04. The number of nitrogens with zero attached hydrogens (tertiary/aromatic N) is 2. The standard InChI is InChI=1S/C14H8N2O/c15-9-11-6-7-14(16-10-17)13(8-11)12-4-2-1-3-5-12/h1-8H. The monoisotopic (exact) mass is 220 g/mol. The van der Waals surface area contributed by atoms with Crippen LogP contribution < -0.4 is 0 Å². The van der Waals surface area contributed by atoms with Crippen LogP contribution in [0.1, 0.15) is 5.56 Å². The van der Waals surface area contributed by atoms with Gasteiger partial charge in [-0.05, 0) is 23.8 Å². The first-order valence-corrected chi connectivity index (χ1v) is 5.02. The molecule has 0 aliphatic heterocycles. The van der Waals surface area contributed by atoms with Crippen LogP contribution in [0, 0.1) is 11.3 Å². The van der Waals surface area contributed by atoms with Crippen molar-refractivity contribution < 1.29 is 4.79 Å². The van der Waals surface area contributed by atoms with Crippen molar-refractivity contribution in [2.45, 2.75) is 0 Å². The van der Waals surface area contributed by atoms with E-state index in [2.05, 4.69) is 11.1 Å². The van der Waals surface area contributed by atoms with Crippen LogP contribution in [-0.2, 0) is 4.79 Å². The smallest absolute Gasteiger partial charge is 0.211 e. The van der Waals surface area contributed by atoms with E-state index >= 15 is 0 Å². The first kappa shape index (κ1) is 10.8. The van der Waals surface area contributed by atoms with Crippen LogP contribution in [0.25, 0.3) is 11.1 Å². The predicted octanol–water partition coefficient (Wildman–Crippen LogP) is 3.19. The molecule has 0 spiro atoms. The van der Waals surface area contributed by atoms with Gasteiger partial charge in [0.05, 0.1) is 17.3 Å². The number of rotatable bonds is 2. The highest BCUT2D eigenvalue weighted by Gasteiger charge is 2.05. The van der Waals surface area contributed by atoms with E-state index in [4.69, 9.17) is 5.26 Å². The van der Waals surface area contributed by atoms with Crippen molar-refractivity contribution in [2.75, 3.05) is 0 Å². The van der Waals surface area contributed by atoms with Gasteiger partial charge in [0, 0.05) is 5.56 Å². The van der Waals surface area contributed by atoms with Gasteiger partial charge in [0.1, 0.15) is 0 Å². The van der Waals surface area contributed by atoms with E-state index in [9.17, 15) is 4.79 Å². The second kappa shape index (κ2) is 4.89. The second-order valence-electron chi connectivity index (χ2n) is 3.41. The quantitative estimate of drug-likeness (QED) is 0.576. The fourth-order valence-electron chi connectivity index (χ4n) is 1.60. The third kappa shape index (κ3) is 2.28. The van der Waals surface area contributed by atoms with Crippen LogP contribution in [0.2, 0.25) is 0 Å². The van der Waals surface area contributed by atoms with E-state index in [0.717, 1.165) is 11.1 Å². The topological polar surface area (TPSA) is 53.2 Å². The van der Waals surface area contributed by atoms with Gasteiger partial charge in [0.15, 0.2) is 0 Å². The highest BCUT2D eigenvalue weighted by Crippen LogP contribution is 2.30. The molecule has 0 heterocycles. The van der Waals surface area contributed by atoms with Gasteiger partial charge < -0.3 is 0 Å². The Hall–Kier alpha value is -2.69. The summed E-state index contributed by atoms with van der Waals surface area (Å²) in [6.07, 6.45) is 1.52. The maximum atomic E-state index is 10.4. The molecule has 0 fully saturated rings. The molecular formula is C14H8N2O. The van der Waals surface area contributed by atoms with Crippen LogP contribution >= 0.6 is 0 Å². The summed E-state index contributed by atoms with van der Waals surface area (Å²) in [5.74, 6) is 0. The zero-order valence-corrected chi connectivity index (χ0v) is 8.92. The lowest BCUT2D eigenvalue weighted by Crippen LogP contribution is -1.81. The molecule has 0 aliphatic carbocycles. The zero-order chi connectivity index (χ0) is 12.1. The van der Waals surface area contributed by atoms with Gasteiger partial charge in [-0.2, -0.15) is 10.3 Å². The van der Waals surface area contributed by atoms with E-state index in [1.54, 1.807) is 18.2 Å². The van der Waals surface area contributed by atoms with Gasteiger partial charge in [-0.25, -0.2) is 4.79 Å². The highest BCUT2D eigenvalue weighted by molar-refractivity contribution is 5.78. The molecule has 80 valence electrons. The molecule has 0 saturated carbocycles. The fourth-order valence-corrected chi connectivity index (χ4v) is 1.60. The van der Waals surface area contributed by atoms with Gasteiger partial charge in [0.25, 0.3) is 0 Å². The first-order valence-electron chi connectivity index (χ1n) is 5.02. The normalized spacial score (nSPS) is 9.12. The van der Waals surface area contributed by atoms with Gasteiger partial charge in [-0.1, -0.05) is 30.3 Å². The molecule has 0 unspecified atom stereocenters. The van der Waals surface area contributed by atoms with E-state index in [-0.39, 0.29) is 0 Å². The predicted molar refractivity (Wildman–Crippen MR) is 64.4 cm³/mol. The number of carbonyl (C=O) groups excluding carboxylic acids is 1. The third-order valence-corrected chi connectivity index (χ3v) is 2.38. The molecule has 2 aromatic carbocycles. The number of nitriles is 1. The van der Waals surface area contributed by atoms with E-state index in [1.165, 1.54) is 6.08 Å². The summed E-state index contributed by atoms with van der Waals surface area (Å²) in [5.41, 5.74) is 2.73. The minimum atomic E-state index is 0.519. The van der Waals surface area contributed by atoms with Gasteiger partial charge >= 0.3 is 0 Å². The molecule has 0 amide bonds. The average molecular weight is 220 g/mol. The Labute approximate surface area is 98.7 Å². The zero-order valence-electron chi connectivity index (χ0n) is 8.92. The molecule has 0 atom stereocenters. The molecule has 0 bridgehead atoms. The van der Waals surface area contributed by atoms with Crippen molar-refractivity contribution in [2.24, 2.45) is 4.99 Å². The Morgan fingerprint density at radius 3 is 2.47 bits per heavy atom. The largest absolute Gasteiger partial charge is 0.240 e. The maximum Gasteiger partial charge on any atom is 0.240 e. The lowest BCUT2D eigenvalue weighted by atomic mass is 10.0. The third-order valence-electron chi connectivity index (χ3n) is 2.38. The van der Waals surface area contributed by atoms with Crippen LogP contribution in [0.5, 0.6) is 0 Å². The van der Waals surface area contributed by atoms with Gasteiger partial charge in [-0.3, -0.25) is 0 Å². The van der Waals surface area contributed by atoms with Crippen LogP contribution in [0.3, 0.4) is 0 Å². The number of hydrogen-bond donors (Lipinski definition) is 0. The summed E-state index contributed by atoms with van der Waals surface area (Å²) in [5, 5.41) is 8.87. The van der Waals surface area contributed by atoms with Crippen molar-refractivity contribution in [3.05, 3.63) is 54.1 Å². The maximum absolute atomic E-state index is 10.4. The molecular weight excluding hydrogens is 212 g/mol. The Bertz CT molecular complexity index is 620. The number of isocyanates is 1. The Morgan fingerprint density at radius 1 is 1.06 bits per heavy atom. The van der Waals surface area contributed by atoms with Gasteiger partial charge in [-0.15, -0.1) is 0 Å². The van der Waals surface area contributed by atoms with Crippen molar-refractivity contribution in [3.63, 3.8) is 0 Å². The molecule has 2 rings (SSSR count). The summed E-state index contributed by atoms with van der Waals surface area (Å²) in [6.45, 7) is 0. The van der Waals surface area contributed by atoms with E-state index in [1.807, 2.05) is 30.3 Å². The van der Waals surface area contributed by atoms with Crippen molar-refractivity contribution in [3.8, 4) is 17.2 Å². The number of benzene rings is 2. The lowest BCUT2D eigenvalue weighted by molar-refractivity contribution is 0.565. The second-order valence-corrected chi connectivity index (χ2v) is 3.41. The molecule has 3 nitrogen and oxygen atoms in total. The molecule has 0 radical (unpaired) electrons. The molecule has 2 aromatic rings. The van der Waals surface area contributed by atoms with Crippen LogP contribution in [0.15, 0.2) is 53.5 Å². The van der Waals surface area contributed by atoms with E-state index < -0.39 is 0 Å². The van der Waals surface area contributed by atoms with Crippen molar-refractivity contribution in [1.82, 2.24) is 0 Å². The highest BCUT2D eigenvalue weighted by atomic mass is 16.1.